The van der Waals surface area contributed by atoms with E-state index in [9.17, 15) is 14.0 Å². The summed E-state index contributed by atoms with van der Waals surface area (Å²) in [6.07, 6.45) is 5.08. The molecule has 4 atom stereocenters. The van der Waals surface area contributed by atoms with Crippen molar-refractivity contribution in [3.8, 4) is 10.6 Å². The van der Waals surface area contributed by atoms with Crippen LogP contribution in [0.3, 0.4) is 0 Å². The van der Waals surface area contributed by atoms with E-state index in [1.165, 1.54) is 17.4 Å². The second-order valence-electron chi connectivity index (χ2n) is 9.48. The van der Waals surface area contributed by atoms with Gasteiger partial charge in [0.25, 0.3) is 5.91 Å². The summed E-state index contributed by atoms with van der Waals surface area (Å²) >= 11 is 1.28. The predicted molar refractivity (Wildman–Crippen MR) is 118 cm³/mol. The highest BCUT2D eigenvalue weighted by Gasteiger charge is 2.60. The van der Waals surface area contributed by atoms with Crippen LogP contribution in [0.4, 0.5) is 4.39 Å². The van der Waals surface area contributed by atoms with Crippen LogP contribution in [0, 0.1) is 18.2 Å². The zero-order valence-corrected chi connectivity index (χ0v) is 19.0. The highest BCUT2D eigenvalue weighted by molar-refractivity contribution is 7.17. The summed E-state index contributed by atoms with van der Waals surface area (Å²) < 4.78 is 14.3. The van der Waals surface area contributed by atoms with Crippen LogP contribution in [0.25, 0.3) is 10.6 Å². The first-order valence-corrected chi connectivity index (χ1v) is 11.9. The molecule has 7 heteroatoms. The third kappa shape index (κ3) is 3.12. The zero-order valence-electron chi connectivity index (χ0n) is 18.2. The van der Waals surface area contributed by atoms with E-state index in [1.54, 1.807) is 25.1 Å². The van der Waals surface area contributed by atoms with Gasteiger partial charge >= 0.3 is 0 Å². The molecular weight excluding hydrogens is 413 g/mol. The Morgan fingerprint density at radius 1 is 1.19 bits per heavy atom. The fourth-order valence-corrected chi connectivity index (χ4v) is 7.32. The number of hydrogen-bond acceptors (Lipinski definition) is 4. The number of carbonyl (C=O) groups is 2. The number of nitrogens with zero attached hydrogens (tertiary/aromatic N) is 3. The predicted octanol–water partition coefficient (Wildman–Crippen LogP) is 4.65. The van der Waals surface area contributed by atoms with Crippen LogP contribution in [-0.4, -0.2) is 51.3 Å². The van der Waals surface area contributed by atoms with Gasteiger partial charge in [-0.05, 0) is 38.3 Å². The molecule has 1 saturated carbocycles. The standard InChI is InChI=1S/C24H28FN3O2S/c1-14-21(31-22(26-14)17-8-4-5-9-18(17)25)23(30)28-16-12-24(3)19(27(13-16)15(2)29)10-6-7-11-20(24)28/h4-5,8-9,16,19-20H,6-7,10-13H2,1-3H3/t16-,19+,20-,24+/m0/s1. The molecule has 1 aromatic heterocycles. The number of thiazole rings is 1. The number of aryl methyl sites for hydroxylation is 1. The molecule has 31 heavy (non-hydrogen) atoms. The summed E-state index contributed by atoms with van der Waals surface area (Å²) in [5.41, 5.74) is 1.00. The molecule has 3 aliphatic rings. The Hall–Kier alpha value is -2.28. The first kappa shape index (κ1) is 20.6. The second-order valence-corrected chi connectivity index (χ2v) is 10.5. The van der Waals surface area contributed by atoms with Crippen LogP contribution in [0.15, 0.2) is 24.3 Å². The molecule has 0 unspecified atom stereocenters. The SMILES string of the molecule is CC(=O)N1C[C@@H]2C[C@@]3(C)[C@H](CCCC[C@@H]13)N2C(=O)c1sc(-c2ccccc2F)nc1C. The lowest BCUT2D eigenvalue weighted by molar-refractivity contribution is -0.136. The van der Waals surface area contributed by atoms with Gasteiger partial charge in [0.2, 0.25) is 5.91 Å². The molecule has 0 N–H and O–H groups in total. The number of amides is 2. The number of likely N-dealkylation sites (tertiary alicyclic amines) is 2. The molecule has 5 rings (SSSR count). The molecule has 5 nitrogen and oxygen atoms in total. The van der Waals surface area contributed by atoms with Crippen LogP contribution in [0.5, 0.6) is 0 Å². The zero-order chi connectivity index (χ0) is 21.9. The highest BCUT2D eigenvalue weighted by atomic mass is 32.1. The number of fused-ring (bicyclic) bond motifs is 1. The lowest BCUT2D eigenvalue weighted by atomic mass is 9.71. The summed E-state index contributed by atoms with van der Waals surface area (Å²) in [5.74, 6) is -0.238. The monoisotopic (exact) mass is 441 g/mol. The van der Waals surface area contributed by atoms with Gasteiger partial charge in [0.1, 0.15) is 15.7 Å². The van der Waals surface area contributed by atoms with E-state index in [0.717, 1.165) is 32.1 Å². The molecule has 1 aliphatic carbocycles. The lowest BCUT2D eigenvalue weighted by Crippen LogP contribution is -2.55. The van der Waals surface area contributed by atoms with Gasteiger partial charge in [-0.15, -0.1) is 11.3 Å². The number of carbonyl (C=O) groups excluding carboxylic acids is 2. The van der Waals surface area contributed by atoms with Gasteiger partial charge in [-0.2, -0.15) is 0 Å². The topological polar surface area (TPSA) is 53.5 Å². The number of hydrogen-bond donors (Lipinski definition) is 0. The van der Waals surface area contributed by atoms with E-state index in [-0.39, 0.29) is 41.2 Å². The van der Waals surface area contributed by atoms with Gasteiger partial charge in [-0.1, -0.05) is 31.9 Å². The average Bonchev–Trinajstić information content (AvgIpc) is 3.16. The Balaban J connectivity index is 1.53. The normalized spacial score (nSPS) is 29.7. The quantitative estimate of drug-likeness (QED) is 0.682. The maximum absolute atomic E-state index is 14.3. The van der Waals surface area contributed by atoms with Crippen LogP contribution < -0.4 is 0 Å². The molecule has 0 spiro atoms. The Bertz CT molecular complexity index is 1050. The van der Waals surface area contributed by atoms with Crippen molar-refractivity contribution in [2.45, 2.75) is 71.0 Å². The molecule has 1 aromatic carbocycles. The van der Waals surface area contributed by atoms with E-state index < -0.39 is 0 Å². The van der Waals surface area contributed by atoms with Gasteiger partial charge in [-0.25, -0.2) is 9.37 Å². The molecule has 2 amide bonds. The van der Waals surface area contributed by atoms with E-state index in [2.05, 4.69) is 16.8 Å². The number of halogens is 1. The summed E-state index contributed by atoms with van der Waals surface area (Å²) in [6, 6.07) is 6.90. The number of aromatic nitrogens is 1. The lowest BCUT2D eigenvalue weighted by Gasteiger charge is -2.46. The van der Waals surface area contributed by atoms with Gasteiger partial charge in [0.05, 0.1) is 11.7 Å². The fraction of sp³-hybridized carbons (Fsp3) is 0.542. The molecule has 0 radical (unpaired) electrons. The van der Waals surface area contributed by atoms with E-state index in [0.29, 0.717) is 27.7 Å². The van der Waals surface area contributed by atoms with E-state index in [4.69, 9.17) is 0 Å². The second kappa shape index (κ2) is 7.40. The van der Waals surface area contributed by atoms with Crippen LogP contribution in [0.2, 0.25) is 0 Å². The van der Waals surface area contributed by atoms with E-state index in [1.807, 2.05) is 11.8 Å². The number of piperidine rings is 1. The third-order valence-electron chi connectivity index (χ3n) is 7.65. The minimum absolute atomic E-state index is 0.0117. The Morgan fingerprint density at radius 3 is 2.61 bits per heavy atom. The molecular formula is C24H28FN3O2S. The first-order valence-electron chi connectivity index (χ1n) is 11.1. The summed E-state index contributed by atoms with van der Waals surface area (Å²) in [5, 5.41) is 0.538. The number of benzene rings is 1. The molecule has 2 aliphatic heterocycles. The average molecular weight is 442 g/mol. The van der Waals surface area contributed by atoms with E-state index >= 15 is 0 Å². The smallest absolute Gasteiger partial charge is 0.266 e. The maximum atomic E-state index is 14.3. The minimum Gasteiger partial charge on any atom is -0.337 e. The van der Waals surface area contributed by atoms with Crippen molar-refractivity contribution in [1.29, 1.82) is 0 Å². The van der Waals surface area contributed by atoms with Gasteiger partial charge in [-0.3, -0.25) is 9.59 Å². The van der Waals surface area contributed by atoms with Crippen molar-refractivity contribution in [2.75, 3.05) is 6.54 Å². The number of rotatable bonds is 2. The van der Waals surface area contributed by atoms with Gasteiger partial charge in [0.15, 0.2) is 0 Å². The first-order chi connectivity index (χ1) is 14.8. The minimum atomic E-state index is -0.330. The van der Waals surface area contributed by atoms with Crippen molar-refractivity contribution in [1.82, 2.24) is 14.8 Å². The van der Waals surface area contributed by atoms with Crippen molar-refractivity contribution in [3.63, 3.8) is 0 Å². The molecule has 2 bridgehead atoms. The van der Waals surface area contributed by atoms with Gasteiger partial charge < -0.3 is 9.80 Å². The third-order valence-corrected chi connectivity index (χ3v) is 8.83. The largest absolute Gasteiger partial charge is 0.337 e. The highest BCUT2D eigenvalue weighted by Crippen LogP contribution is 2.54. The van der Waals surface area contributed by atoms with Crippen molar-refractivity contribution in [2.24, 2.45) is 5.41 Å². The molecule has 2 saturated heterocycles. The van der Waals surface area contributed by atoms with Crippen molar-refractivity contribution in [3.05, 3.63) is 40.7 Å². The Morgan fingerprint density at radius 2 is 1.90 bits per heavy atom. The summed E-state index contributed by atoms with van der Waals surface area (Å²) in [7, 11) is 0. The van der Waals surface area contributed by atoms with Crippen LogP contribution in [0.1, 0.15) is 61.3 Å². The fourth-order valence-electron chi connectivity index (χ4n) is 6.28. The maximum Gasteiger partial charge on any atom is 0.266 e. The van der Waals surface area contributed by atoms with Crippen LogP contribution in [-0.2, 0) is 4.79 Å². The molecule has 164 valence electrons. The summed E-state index contributed by atoms with van der Waals surface area (Å²) in [4.78, 5) is 35.5. The van der Waals surface area contributed by atoms with Gasteiger partial charge in [0, 0.05) is 36.5 Å². The summed E-state index contributed by atoms with van der Waals surface area (Å²) in [6.45, 7) is 6.35. The van der Waals surface area contributed by atoms with Crippen LogP contribution >= 0.6 is 11.3 Å². The Labute approximate surface area is 186 Å². The van der Waals surface area contributed by atoms with Crippen molar-refractivity contribution >= 4 is 23.2 Å². The Kier molecular flexibility index (Phi) is 4.92. The molecule has 2 aromatic rings. The van der Waals surface area contributed by atoms with Crippen molar-refractivity contribution < 1.29 is 14.0 Å². The molecule has 3 fully saturated rings. The molecule has 3 heterocycles.